The van der Waals surface area contributed by atoms with Crippen molar-refractivity contribution in [2.75, 3.05) is 24.5 Å². The minimum absolute atomic E-state index is 0.00811. The van der Waals surface area contributed by atoms with Gasteiger partial charge in [-0.3, -0.25) is 4.79 Å². The third kappa shape index (κ3) is 4.79. The Kier molecular flexibility index (Phi) is 6.21. The van der Waals surface area contributed by atoms with Crippen molar-refractivity contribution < 1.29 is 22.4 Å². The van der Waals surface area contributed by atoms with Gasteiger partial charge < -0.3 is 14.2 Å². The Morgan fingerprint density at radius 2 is 1.77 bits per heavy atom. The zero-order valence-electron chi connectivity index (χ0n) is 18.2. The highest BCUT2D eigenvalue weighted by Crippen LogP contribution is 2.39. The lowest BCUT2D eigenvalue weighted by molar-refractivity contribution is -0.138. The van der Waals surface area contributed by atoms with E-state index in [1.807, 2.05) is 9.80 Å². The predicted octanol–water partition coefficient (Wildman–Crippen LogP) is 3.90. The van der Waals surface area contributed by atoms with E-state index in [1.54, 1.807) is 6.42 Å². The lowest BCUT2D eigenvalue weighted by Gasteiger charge is -2.47. The fourth-order valence-corrected chi connectivity index (χ4v) is 4.97. The van der Waals surface area contributed by atoms with Gasteiger partial charge in [0.25, 0.3) is 0 Å². The predicted molar refractivity (Wildman–Crippen MR) is 110 cm³/mol. The van der Waals surface area contributed by atoms with Crippen LogP contribution in [-0.4, -0.2) is 60.9 Å². The molecule has 0 aromatic carbocycles. The topological polar surface area (TPSA) is 58.6 Å². The number of halogens is 3. The van der Waals surface area contributed by atoms with Gasteiger partial charge in [-0.25, -0.2) is 9.97 Å². The summed E-state index contributed by atoms with van der Waals surface area (Å²) in [5, 5.41) is -0.00811. The molecule has 1 aromatic heterocycles. The number of carbonyl (C=O) groups is 1. The van der Waals surface area contributed by atoms with Crippen LogP contribution in [0, 0.1) is 6.42 Å². The monoisotopic (exact) mass is 443 g/mol. The van der Waals surface area contributed by atoms with E-state index in [0.717, 1.165) is 18.8 Å². The van der Waals surface area contributed by atoms with Crippen LogP contribution in [0.15, 0.2) is 12.4 Å². The van der Waals surface area contributed by atoms with Gasteiger partial charge in [-0.1, -0.05) is 20.8 Å². The average Bonchev–Trinajstić information content (AvgIpc) is 3.05. The van der Waals surface area contributed by atoms with Crippen molar-refractivity contribution in [3.05, 3.63) is 24.4 Å². The van der Waals surface area contributed by atoms with Crippen molar-refractivity contribution in [3.63, 3.8) is 0 Å². The van der Waals surface area contributed by atoms with Crippen molar-refractivity contribution >= 4 is 20.2 Å². The third-order valence-electron chi connectivity index (χ3n) is 6.40. The highest BCUT2D eigenvalue weighted by Gasteiger charge is 2.45. The lowest BCUT2D eigenvalue weighted by Crippen LogP contribution is -2.59. The van der Waals surface area contributed by atoms with Crippen LogP contribution in [0.25, 0.3) is 0 Å². The molecule has 167 valence electrons. The Hall–Kier alpha value is -1.68. The summed E-state index contributed by atoms with van der Waals surface area (Å²) in [6.45, 7) is 12.5. The van der Waals surface area contributed by atoms with Gasteiger partial charge in [0.05, 0.1) is 24.1 Å². The molecule has 0 saturated carbocycles. The molecular formula is C20H30F3N4O2Si. The number of likely N-dealkylation sites (tertiary alicyclic amines) is 1. The molecule has 30 heavy (non-hydrogen) atoms. The molecule has 0 N–H and O–H groups in total. The highest BCUT2D eigenvalue weighted by molar-refractivity contribution is 6.74. The first-order chi connectivity index (χ1) is 13.8. The summed E-state index contributed by atoms with van der Waals surface area (Å²) >= 11 is 0. The second kappa shape index (κ2) is 8.10. The van der Waals surface area contributed by atoms with E-state index in [0.29, 0.717) is 26.1 Å². The fourth-order valence-electron chi connectivity index (χ4n) is 3.63. The van der Waals surface area contributed by atoms with Gasteiger partial charge in [-0.05, 0) is 31.0 Å². The number of anilines is 1. The minimum Gasteiger partial charge on any atom is -0.410 e. The molecule has 6 nitrogen and oxygen atoms in total. The molecule has 1 radical (unpaired) electrons. The Labute approximate surface area is 176 Å². The molecule has 2 aliphatic heterocycles. The minimum atomic E-state index is -4.47. The molecule has 0 aliphatic carbocycles. The van der Waals surface area contributed by atoms with Gasteiger partial charge in [0, 0.05) is 32.0 Å². The molecule has 0 unspecified atom stereocenters. The van der Waals surface area contributed by atoms with Gasteiger partial charge in [0.1, 0.15) is 0 Å². The van der Waals surface area contributed by atoms with Crippen LogP contribution in [0.3, 0.4) is 0 Å². The second-order valence-electron chi connectivity index (χ2n) is 9.51. The summed E-state index contributed by atoms with van der Waals surface area (Å²) in [6, 6.07) is -0.0592. The zero-order chi connectivity index (χ0) is 22.3. The molecule has 3 heterocycles. The van der Waals surface area contributed by atoms with Gasteiger partial charge in [-0.15, -0.1) is 0 Å². The van der Waals surface area contributed by atoms with E-state index >= 15 is 0 Å². The fraction of sp³-hybridized carbons (Fsp3) is 0.700. The third-order valence-corrected chi connectivity index (χ3v) is 10.9. The van der Waals surface area contributed by atoms with Gasteiger partial charge >= 0.3 is 6.18 Å². The second-order valence-corrected chi connectivity index (χ2v) is 14.3. The SMILES string of the molecule is CC(C)(C)[Si](C)(C)O[C@@H]1CN(c2ncc(C(F)(F)F)cn2)CC[C@H]1N1CC[CH]C1=O. The van der Waals surface area contributed by atoms with Gasteiger partial charge in [-0.2, -0.15) is 13.2 Å². The number of hydrogen-bond donors (Lipinski definition) is 0. The maximum Gasteiger partial charge on any atom is 0.419 e. The molecule has 2 saturated heterocycles. The van der Waals surface area contributed by atoms with E-state index in [2.05, 4.69) is 43.8 Å². The van der Waals surface area contributed by atoms with Crippen molar-refractivity contribution in [3.8, 4) is 0 Å². The molecule has 1 aromatic rings. The number of carbonyl (C=O) groups excluding carboxylic acids is 1. The van der Waals surface area contributed by atoms with Crippen LogP contribution in [-0.2, 0) is 15.4 Å². The lowest BCUT2D eigenvalue weighted by atomic mass is 10.0. The smallest absolute Gasteiger partial charge is 0.410 e. The van der Waals surface area contributed by atoms with Crippen LogP contribution in [0.1, 0.15) is 39.2 Å². The number of rotatable bonds is 4. The molecule has 0 spiro atoms. The number of piperidine rings is 1. The average molecular weight is 444 g/mol. The Balaban J connectivity index is 1.82. The highest BCUT2D eigenvalue weighted by atomic mass is 28.4. The van der Waals surface area contributed by atoms with Crippen LogP contribution < -0.4 is 4.90 Å². The first-order valence-corrected chi connectivity index (χ1v) is 13.2. The van der Waals surface area contributed by atoms with Crippen molar-refractivity contribution in [2.24, 2.45) is 0 Å². The first-order valence-electron chi connectivity index (χ1n) is 10.3. The van der Waals surface area contributed by atoms with Crippen molar-refractivity contribution in [1.82, 2.24) is 14.9 Å². The summed E-state index contributed by atoms with van der Waals surface area (Å²) in [6.07, 6.45) is 0.00701. The van der Waals surface area contributed by atoms with E-state index in [-0.39, 0.29) is 29.0 Å². The number of hydrogen-bond acceptors (Lipinski definition) is 5. The largest absolute Gasteiger partial charge is 0.419 e. The van der Waals surface area contributed by atoms with Crippen molar-refractivity contribution in [2.45, 2.75) is 70.1 Å². The molecule has 2 fully saturated rings. The quantitative estimate of drug-likeness (QED) is 0.661. The summed E-state index contributed by atoms with van der Waals surface area (Å²) in [5.41, 5.74) is -0.867. The van der Waals surface area contributed by atoms with Crippen LogP contribution >= 0.6 is 0 Å². The number of alkyl halides is 3. The van der Waals surface area contributed by atoms with Gasteiger partial charge in [0.15, 0.2) is 8.32 Å². The van der Waals surface area contributed by atoms with Gasteiger partial charge in [0.2, 0.25) is 11.9 Å². The molecule has 2 aliphatic rings. The molecule has 1 amide bonds. The summed E-state index contributed by atoms with van der Waals surface area (Å²) in [5.74, 6) is 0.285. The summed E-state index contributed by atoms with van der Waals surface area (Å²) in [4.78, 5) is 24.0. The maximum atomic E-state index is 12.8. The summed E-state index contributed by atoms with van der Waals surface area (Å²) in [7, 11) is -2.14. The molecule has 2 atom stereocenters. The van der Waals surface area contributed by atoms with Crippen LogP contribution in [0.2, 0.25) is 18.1 Å². The summed E-state index contributed by atoms with van der Waals surface area (Å²) < 4.78 is 45.2. The Morgan fingerprint density at radius 1 is 1.13 bits per heavy atom. The first kappa shape index (κ1) is 23.0. The Morgan fingerprint density at radius 3 is 2.27 bits per heavy atom. The molecular weight excluding hydrogens is 413 g/mol. The molecule has 10 heteroatoms. The molecule has 3 rings (SSSR count). The maximum absolute atomic E-state index is 12.8. The number of aromatic nitrogens is 2. The van der Waals surface area contributed by atoms with Crippen LogP contribution in [0.4, 0.5) is 19.1 Å². The zero-order valence-corrected chi connectivity index (χ0v) is 19.2. The normalized spacial score (nSPS) is 23.9. The van der Waals surface area contributed by atoms with E-state index in [4.69, 9.17) is 4.43 Å². The van der Waals surface area contributed by atoms with E-state index < -0.39 is 20.1 Å². The number of amides is 1. The number of nitrogens with zero attached hydrogens (tertiary/aromatic N) is 4. The Bertz CT molecular complexity index is 765. The van der Waals surface area contributed by atoms with E-state index in [1.165, 1.54) is 0 Å². The molecule has 0 bridgehead atoms. The van der Waals surface area contributed by atoms with Crippen molar-refractivity contribution in [1.29, 1.82) is 0 Å². The standard InChI is InChI=1S/C20H30F3N4O2Si/c1-19(2,3)30(4,5)29-16-13-26(10-8-15(16)27-9-6-7-17(27)28)18-24-11-14(12-25-18)20(21,22)23/h7,11-12,15-16H,6,8-10,13H2,1-5H3/t15-,16-/m1/s1. The van der Waals surface area contributed by atoms with Crippen LogP contribution in [0.5, 0.6) is 0 Å². The van der Waals surface area contributed by atoms with E-state index in [9.17, 15) is 18.0 Å².